The Morgan fingerprint density at radius 3 is 1.55 bits per heavy atom. The van der Waals surface area contributed by atoms with Crippen LogP contribution < -0.4 is 0 Å². The summed E-state index contributed by atoms with van der Waals surface area (Å²) < 4.78 is 0. The molecule has 0 bridgehead atoms. The molecule has 2 heteroatoms. The van der Waals surface area contributed by atoms with Gasteiger partial charge in [-0.05, 0) is 31.4 Å². The van der Waals surface area contributed by atoms with Gasteiger partial charge < -0.3 is 0 Å². The predicted octanol–water partition coefficient (Wildman–Crippen LogP) is 8.18. The number of rotatable bonds is 5. The van der Waals surface area contributed by atoms with Crippen LogP contribution in [0.1, 0.15) is 78.6 Å². The molecule has 0 amide bonds. The molecule has 29 heavy (non-hydrogen) atoms. The van der Waals surface area contributed by atoms with Crippen molar-refractivity contribution in [3.8, 4) is 11.1 Å². The molecule has 2 aromatic rings. The molecular weight excluding hydrogens is 356 g/mol. The number of ketones is 2. The van der Waals surface area contributed by atoms with Gasteiger partial charge in [-0.15, -0.1) is 0 Å². The van der Waals surface area contributed by atoms with E-state index in [1.807, 2.05) is 70.2 Å². The van der Waals surface area contributed by atoms with E-state index in [4.69, 9.17) is 0 Å². The van der Waals surface area contributed by atoms with Gasteiger partial charge in [0.15, 0.2) is 5.78 Å². The smallest absolute Gasteiger partial charge is 0.159 e. The van der Waals surface area contributed by atoms with Crippen molar-refractivity contribution in [3.63, 3.8) is 0 Å². The Labute approximate surface area is 179 Å². The molecule has 0 aromatic heterocycles. The van der Waals surface area contributed by atoms with Gasteiger partial charge in [-0.2, -0.15) is 0 Å². The number of allylic oxidation sites excluding steroid dienone is 1. The molecule has 0 N–H and O–H groups in total. The zero-order chi connectivity index (χ0) is 22.8. The minimum Gasteiger partial charge on any atom is -0.299 e. The first-order valence-electron chi connectivity index (χ1n) is 10.6. The second-order valence-corrected chi connectivity index (χ2v) is 6.55. The number of carbonyl (C=O) groups is 2. The van der Waals surface area contributed by atoms with Gasteiger partial charge in [0.2, 0.25) is 0 Å². The summed E-state index contributed by atoms with van der Waals surface area (Å²) in [6.45, 7) is 19.1. The van der Waals surface area contributed by atoms with Crippen LogP contribution in [0, 0.1) is 5.92 Å². The van der Waals surface area contributed by atoms with E-state index in [9.17, 15) is 9.59 Å². The Hall–Kier alpha value is -2.48. The molecule has 0 spiro atoms. The molecule has 0 heterocycles. The molecule has 2 rings (SSSR count). The third-order valence-corrected chi connectivity index (χ3v) is 4.07. The van der Waals surface area contributed by atoms with Crippen LogP contribution in [-0.2, 0) is 4.79 Å². The Kier molecular flexibility index (Phi) is 17.4. The first-order chi connectivity index (χ1) is 13.8. The van der Waals surface area contributed by atoms with E-state index in [0.717, 1.165) is 23.1 Å². The lowest BCUT2D eigenvalue weighted by atomic mass is 9.97. The molecule has 2 aromatic carbocycles. The Balaban J connectivity index is 0. The van der Waals surface area contributed by atoms with Gasteiger partial charge in [-0.1, -0.05) is 115 Å². The molecule has 0 fully saturated rings. The summed E-state index contributed by atoms with van der Waals surface area (Å²) in [7, 11) is 0. The molecule has 2 nitrogen and oxygen atoms in total. The number of Topliss-reactive ketones (excluding diaryl/α,β-unsaturated/α-hetero) is 2. The number of hydrogen-bond donors (Lipinski definition) is 0. The summed E-state index contributed by atoms with van der Waals surface area (Å²) >= 11 is 0. The van der Waals surface area contributed by atoms with Crippen LogP contribution in [-0.4, -0.2) is 11.6 Å². The SMILES string of the molecule is C=C(CC)C(C)C(C)=O.CC.CC(=O)c1ccc(-c2ccccc2)cc1.CCC. The molecule has 0 aliphatic rings. The number of hydrogen-bond acceptors (Lipinski definition) is 2. The molecule has 1 unspecified atom stereocenters. The van der Waals surface area contributed by atoms with Crippen molar-refractivity contribution in [2.75, 3.05) is 0 Å². The lowest BCUT2D eigenvalue weighted by molar-refractivity contribution is -0.119. The quantitative estimate of drug-likeness (QED) is 0.377. The highest BCUT2D eigenvalue weighted by Crippen LogP contribution is 2.19. The monoisotopic (exact) mass is 396 g/mol. The molecular formula is C27H40O2. The lowest BCUT2D eigenvalue weighted by Crippen LogP contribution is -2.07. The zero-order valence-corrected chi connectivity index (χ0v) is 19.7. The molecule has 0 radical (unpaired) electrons. The Morgan fingerprint density at radius 1 is 0.828 bits per heavy atom. The number of benzene rings is 2. The van der Waals surface area contributed by atoms with Gasteiger partial charge in [0.25, 0.3) is 0 Å². The highest BCUT2D eigenvalue weighted by atomic mass is 16.1. The lowest BCUT2D eigenvalue weighted by Gasteiger charge is -2.07. The Bertz CT molecular complexity index is 697. The van der Waals surface area contributed by atoms with E-state index in [2.05, 4.69) is 32.6 Å². The van der Waals surface area contributed by atoms with E-state index in [-0.39, 0.29) is 17.5 Å². The average molecular weight is 397 g/mol. The van der Waals surface area contributed by atoms with Crippen LogP contribution in [0.15, 0.2) is 66.7 Å². The molecule has 160 valence electrons. The van der Waals surface area contributed by atoms with E-state index >= 15 is 0 Å². The van der Waals surface area contributed by atoms with Gasteiger partial charge >= 0.3 is 0 Å². The van der Waals surface area contributed by atoms with E-state index in [1.54, 1.807) is 13.8 Å². The second-order valence-electron chi connectivity index (χ2n) is 6.55. The van der Waals surface area contributed by atoms with Crippen LogP contribution in [0.5, 0.6) is 0 Å². The minimum absolute atomic E-state index is 0.0509. The van der Waals surface area contributed by atoms with Crippen molar-refractivity contribution in [2.24, 2.45) is 5.92 Å². The average Bonchev–Trinajstić information content (AvgIpc) is 2.75. The van der Waals surface area contributed by atoms with Gasteiger partial charge in [-0.3, -0.25) is 9.59 Å². The summed E-state index contributed by atoms with van der Waals surface area (Å²) in [6, 6.07) is 17.8. The van der Waals surface area contributed by atoms with Gasteiger partial charge in [0.05, 0.1) is 0 Å². The van der Waals surface area contributed by atoms with Crippen molar-refractivity contribution in [1.82, 2.24) is 0 Å². The summed E-state index contributed by atoms with van der Waals surface area (Å²) in [5, 5.41) is 0. The topological polar surface area (TPSA) is 34.1 Å². The fourth-order valence-corrected chi connectivity index (χ4v) is 2.12. The summed E-state index contributed by atoms with van der Waals surface area (Å²) in [6.07, 6.45) is 2.15. The first kappa shape index (κ1) is 28.7. The van der Waals surface area contributed by atoms with Crippen molar-refractivity contribution >= 4 is 11.6 Å². The summed E-state index contributed by atoms with van der Waals surface area (Å²) in [5.41, 5.74) is 4.10. The third kappa shape index (κ3) is 12.6. The van der Waals surface area contributed by atoms with Gasteiger partial charge in [-0.25, -0.2) is 0 Å². The maximum absolute atomic E-state index is 11.1. The molecule has 0 aliphatic heterocycles. The molecule has 1 atom stereocenters. The van der Waals surface area contributed by atoms with Crippen LogP contribution in [0.2, 0.25) is 0 Å². The van der Waals surface area contributed by atoms with E-state index < -0.39 is 0 Å². The van der Waals surface area contributed by atoms with Crippen LogP contribution in [0.4, 0.5) is 0 Å². The second kappa shape index (κ2) is 17.6. The largest absolute Gasteiger partial charge is 0.299 e. The molecule has 0 saturated carbocycles. The minimum atomic E-state index is 0.0509. The maximum Gasteiger partial charge on any atom is 0.159 e. The van der Waals surface area contributed by atoms with Crippen molar-refractivity contribution in [1.29, 1.82) is 0 Å². The third-order valence-electron chi connectivity index (χ3n) is 4.07. The van der Waals surface area contributed by atoms with Crippen molar-refractivity contribution < 1.29 is 9.59 Å². The van der Waals surface area contributed by atoms with E-state index in [0.29, 0.717) is 0 Å². The predicted molar refractivity (Wildman–Crippen MR) is 128 cm³/mol. The van der Waals surface area contributed by atoms with Gasteiger partial charge in [0.1, 0.15) is 5.78 Å². The first-order valence-corrected chi connectivity index (χ1v) is 10.6. The Morgan fingerprint density at radius 2 is 1.24 bits per heavy atom. The van der Waals surface area contributed by atoms with Crippen molar-refractivity contribution in [3.05, 3.63) is 72.3 Å². The highest BCUT2D eigenvalue weighted by Gasteiger charge is 2.08. The van der Waals surface area contributed by atoms with Crippen molar-refractivity contribution in [2.45, 2.75) is 68.2 Å². The number of carbonyl (C=O) groups excluding carboxylic acids is 2. The van der Waals surface area contributed by atoms with E-state index in [1.165, 1.54) is 12.0 Å². The van der Waals surface area contributed by atoms with Gasteiger partial charge in [0, 0.05) is 11.5 Å². The normalized spacial score (nSPS) is 9.93. The zero-order valence-electron chi connectivity index (χ0n) is 19.7. The summed E-state index contributed by atoms with van der Waals surface area (Å²) in [5.74, 6) is 0.367. The van der Waals surface area contributed by atoms with Crippen LogP contribution in [0.3, 0.4) is 0 Å². The molecule has 0 aliphatic carbocycles. The summed E-state index contributed by atoms with van der Waals surface area (Å²) in [4.78, 5) is 21.8. The van der Waals surface area contributed by atoms with Crippen LogP contribution in [0.25, 0.3) is 11.1 Å². The fourth-order valence-electron chi connectivity index (χ4n) is 2.12. The highest BCUT2D eigenvalue weighted by molar-refractivity contribution is 5.94. The maximum atomic E-state index is 11.1. The standard InChI is InChI=1S/C14H12O.C8H14O.C3H8.C2H6/c1-11(15)12-7-9-14(10-8-12)13-5-3-2-4-6-13;1-5-6(2)7(3)8(4)9;1-3-2;1-2/h2-10H,1H3;7H,2,5H2,1,3-4H3;3H2,1-2H3;1-2H3. The fraction of sp³-hybridized carbons (Fsp3) is 0.407. The molecule has 0 saturated heterocycles. The van der Waals surface area contributed by atoms with Crippen LogP contribution >= 0.6 is 0 Å².